The number of carbonyl (C=O) groups excluding carboxylic acids is 2. The van der Waals surface area contributed by atoms with Crippen molar-refractivity contribution in [1.29, 1.82) is 0 Å². The smallest absolute Gasteiger partial charge is 0.312 e. The maximum absolute atomic E-state index is 13.2. The van der Waals surface area contributed by atoms with Crippen LogP contribution in [0.1, 0.15) is 56.9 Å². The first kappa shape index (κ1) is 17.3. The standard InChI is InChI=1S/C23H29NO3/c25-20-7-4-8-24(20)9-10-27-21(26)23-14-17-11-18(15-23)13-22(12-17,16-23)19-5-2-1-3-6-19/h1-3,5-6,17-18H,4,7-16H2. The maximum atomic E-state index is 13.2. The van der Waals surface area contributed by atoms with E-state index in [0.717, 1.165) is 32.2 Å². The summed E-state index contributed by atoms with van der Waals surface area (Å²) in [6.45, 7) is 1.71. The number of amides is 1. The van der Waals surface area contributed by atoms with Crippen LogP contribution < -0.4 is 0 Å². The van der Waals surface area contributed by atoms with E-state index in [0.29, 0.717) is 31.4 Å². The van der Waals surface area contributed by atoms with Gasteiger partial charge < -0.3 is 9.64 Å². The zero-order chi connectivity index (χ0) is 18.5. The summed E-state index contributed by atoms with van der Waals surface area (Å²) in [4.78, 5) is 26.8. The van der Waals surface area contributed by atoms with Crippen LogP contribution in [0.25, 0.3) is 0 Å². The van der Waals surface area contributed by atoms with Gasteiger partial charge in [-0.15, -0.1) is 0 Å². The number of likely N-dealkylation sites (tertiary alicyclic amines) is 1. The first-order valence-electron chi connectivity index (χ1n) is 10.6. The molecule has 5 fully saturated rings. The minimum atomic E-state index is -0.297. The summed E-state index contributed by atoms with van der Waals surface area (Å²) in [5.41, 5.74) is 1.28. The summed E-state index contributed by atoms with van der Waals surface area (Å²) < 4.78 is 5.79. The van der Waals surface area contributed by atoms with Crippen molar-refractivity contribution in [2.24, 2.45) is 17.3 Å². The van der Waals surface area contributed by atoms with Gasteiger partial charge in [0.1, 0.15) is 6.61 Å². The second-order valence-corrected chi connectivity index (χ2v) is 9.51. The molecule has 1 aromatic rings. The van der Waals surface area contributed by atoms with E-state index in [1.165, 1.54) is 24.8 Å². The molecule has 1 aliphatic heterocycles. The van der Waals surface area contributed by atoms with Crippen molar-refractivity contribution in [1.82, 2.24) is 4.90 Å². The fourth-order valence-electron chi connectivity index (χ4n) is 6.97. The molecule has 0 N–H and O–H groups in total. The van der Waals surface area contributed by atoms with Crippen LogP contribution in [-0.4, -0.2) is 36.5 Å². The van der Waals surface area contributed by atoms with Gasteiger partial charge in [0.05, 0.1) is 12.0 Å². The molecule has 27 heavy (non-hydrogen) atoms. The highest BCUT2D eigenvalue weighted by Crippen LogP contribution is 2.66. The zero-order valence-corrected chi connectivity index (χ0v) is 16.0. The molecule has 4 saturated carbocycles. The van der Waals surface area contributed by atoms with Gasteiger partial charge >= 0.3 is 5.97 Å². The van der Waals surface area contributed by atoms with Crippen molar-refractivity contribution in [2.45, 2.75) is 56.8 Å². The van der Waals surface area contributed by atoms with Gasteiger partial charge in [-0.05, 0) is 67.8 Å². The van der Waals surface area contributed by atoms with Crippen LogP contribution in [0.4, 0.5) is 0 Å². The molecule has 1 amide bonds. The molecule has 1 heterocycles. The third kappa shape index (κ3) is 2.88. The van der Waals surface area contributed by atoms with E-state index in [1.807, 2.05) is 4.90 Å². The predicted molar refractivity (Wildman–Crippen MR) is 102 cm³/mol. The van der Waals surface area contributed by atoms with E-state index in [-0.39, 0.29) is 22.7 Å². The minimum Gasteiger partial charge on any atom is -0.463 e. The first-order valence-corrected chi connectivity index (χ1v) is 10.6. The van der Waals surface area contributed by atoms with Gasteiger partial charge in [0.25, 0.3) is 0 Å². The molecule has 2 atom stereocenters. The molecule has 6 rings (SSSR count). The van der Waals surface area contributed by atoms with Crippen LogP contribution in [0.2, 0.25) is 0 Å². The SMILES string of the molecule is O=C1CCCN1CCOC(=O)C12CC3CC(C1)CC(c1ccccc1)(C3)C2. The third-order valence-electron chi connectivity index (χ3n) is 7.65. The lowest BCUT2D eigenvalue weighted by molar-refractivity contribution is -0.174. The summed E-state index contributed by atoms with van der Waals surface area (Å²) >= 11 is 0. The number of hydrogen-bond donors (Lipinski definition) is 0. The van der Waals surface area contributed by atoms with Gasteiger partial charge in [-0.2, -0.15) is 0 Å². The van der Waals surface area contributed by atoms with Crippen LogP contribution in [0, 0.1) is 17.3 Å². The van der Waals surface area contributed by atoms with E-state index >= 15 is 0 Å². The number of rotatable bonds is 5. The molecule has 1 aromatic carbocycles. The maximum Gasteiger partial charge on any atom is 0.312 e. The van der Waals surface area contributed by atoms with Crippen LogP contribution in [-0.2, 0) is 19.7 Å². The molecule has 0 aromatic heterocycles. The number of carbonyl (C=O) groups is 2. The average Bonchev–Trinajstić information content (AvgIpc) is 3.06. The van der Waals surface area contributed by atoms with E-state index in [9.17, 15) is 9.59 Å². The van der Waals surface area contributed by atoms with E-state index in [4.69, 9.17) is 4.74 Å². The lowest BCUT2D eigenvalue weighted by Crippen LogP contribution is -2.57. The second-order valence-electron chi connectivity index (χ2n) is 9.51. The summed E-state index contributed by atoms with van der Waals surface area (Å²) in [6.07, 6.45) is 8.25. The van der Waals surface area contributed by atoms with Crippen LogP contribution >= 0.6 is 0 Å². The Hall–Kier alpha value is -1.84. The molecule has 0 radical (unpaired) electrons. The molecule has 0 spiro atoms. The fourth-order valence-corrected chi connectivity index (χ4v) is 6.97. The van der Waals surface area contributed by atoms with Gasteiger partial charge in [-0.3, -0.25) is 9.59 Å². The average molecular weight is 367 g/mol. The minimum absolute atomic E-state index is 0.00329. The molecule has 2 unspecified atom stereocenters. The van der Waals surface area contributed by atoms with Gasteiger partial charge in [0.2, 0.25) is 5.91 Å². The van der Waals surface area contributed by atoms with Crippen LogP contribution in [0.5, 0.6) is 0 Å². The van der Waals surface area contributed by atoms with Gasteiger partial charge in [0.15, 0.2) is 0 Å². The van der Waals surface area contributed by atoms with E-state index in [2.05, 4.69) is 30.3 Å². The molecule has 5 aliphatic rings. The molecular formula is C23H29NO3. The van der Waals surface area contributed by atoms with Crippen molar-refractivity contribution in [3.8, 4) is 0 Å². The Balaban J connectivity index is 1.31. The van der Waals surface area contributed by atoms with Crippen molar-refractivity contribution >= 4 is 11.9 Å². The Kier molecular flexibility index (Phi) is 4.06. The Labute approximate surface area is 161 Å². The highest BCUT2D eigenvalue weighted by Gasteiger charge is 2.61. The summed E-state index contributed by atoms with van der Waals surface area (Å²) in [5, 5.41) is 0. The van der Waals surface area contributed by atoms with Crippen molar-refractivity contribution in [2.75, 3.05) is 19.7 Å². The third-order valence-corrected chi connectivity index (χ3v) is 7.65. The Morgan fingerprint density at radius 3 is 2.52 bits per heavy atom. The lowest BCUT2D eigenvalue weighted by Gasteiger charge is -2.61. The Bertz CT molecular complexity index is 729. The molecule has 4 nitrogen and oxygen atoms in total. The van der Waals surface area contributed by atoms with Gasteiger partial charge in [-0.1, -0.05) is 30.3 Å². The number of nitrogens with zero attached hydrogens (tertiary/aromatic N) is 1. The topological polar surface area (TPSA) is 46.6 Å². The lowest BCUT2D eigenvalue weighted by atomic mass is 9.43. The fraction of sp³-hybridized carbons (Fsp3) is 0.652. The quantitative estimate of drug-likeness (QED) is 0.746. The van der Waals surface area contributed by atoms with Crippen LogP contribution in [0.15, 0.2) is 30.3 Å². The predicted octanol–water partition coefficient (Wildman–Crippen LogP) is 3.69. The largest absolute Gasteiger partial charge is 0.463 e. The highest BCUT2D eigenvalue weighted by molar-refractivity contribution is 5.79. The Morgan fingerprint density at radius 2 is 1.85 bits per heavy atom. The summed E-state index contributed by atoms with van der Waals surface area (Å²) in [6, 6.07) is 10.8. The molecule has 4 heteroatoms. The van der Waals surface area contributed by atoms with E-state index < -0.39 is 0 Å². The number of hydrogen-bond acceptors (Lipinski definition) is 3. The summed E-state index contributed by atoms with van der Waals surface area (Å²) in [7, 11) is 0. The van der Waals surface area contributed by atoms with Gasteiger partial charge in [-0.25, -0.2) is 0 Å². The number of esters is 1. The Morgan fingerprint density at radius 1 is 1.11 bits per heavy atom. The number of ether oxygens (including phenoxy) is 1. The van der Waals surface area contributed by atoms with Crippen molar-refractivity contribution in [3.05, 3.63) is 35.9 Å². The van der Waals surface area contributed by atoms with Crippen molar-refractivity contribution in [3.63, 3.8) is 0 Å². The monoisotopic (exact) mass is 367 g/mol. The molecule has 4 aliphatic carbocycles. The molecule has 4 bridgehead atoms. The molecule has 1 saturated heterocycles. The van der Waals surface area contributed by atoms with Crippen molar-refractivity contribution < 1.29 is 14.3 Å². The second kappa shape index (κ2) is 6.35. The normalized spacial score (nSPS) is 37.0. The number of benzene rings is 1. The highest BCUT2D eigenvalue weighted by atomic mass is 16.5. The van der Waals surface area contributed by atoms with Crippen LogP contribution in [0.3, 0.4) is 0 Å². The zero-order valence-electron chi connectivity index (χ0n) is 16.0. The molecule has 144 valence electrons. The first-order chi connectivity index (χ1) is 13.1. The van der Waals surface area contributed by atoms with E-state index in [1.54, 1.807) is 0 Å². The molecular weight excluding hydrogens is 338 g/mol. The van der Waals surface area contributed by atoms with Gasteiger partial charge in [0, 0.05) is 13.0 Å². The summed E-state index contributed by atoms with van der Waals surface area (Å²) in [5.74, 6) is 1.51.